The highest BCUT2D eigenvalue weighted by Gasteiger charge is 2.38. The van der Waals surface area contributed by atoms with Crippen molar-refractivity contribution in [2.24, 2.45) is 5.73 Å². The van der Waals surface area contributed by atoms with Gasteiger partial charge in [0.25, 0.3) is 0 Å². The molecule has 2 heterocycles. The van der Waals surface area contributed by atoms with E-state index in [0.29, 0.717) is 38.2 Å². The fraction of sp³-hybridized carbons (Fsp3) is 0.647. The molecule has 1 aromatic heterocycles. The van der Waals surface area contributed by atoms with Gasteiger partial charge in [-0.25, -0.2) is 4.98 Å². The van der Waals surface area contributed by atoms with E-state index >= 15 is 0 Å². The molecule has 9 heteroatoms. The number of hydrogen-bond acceptors (Lipinski definition) is 4. The molecular formula is C17H22ClF3N4O. The molecule has 0 radical (unpaired) electrons. The van der Waals surface area contributed by atoms with Gasteiger partial charge in [0.1, 0.15) is 5.82 Å². The molecule has 1 aliphatic heterocycles. The number of rotatable bonds is 3. The van der Waals surface area contributed by atoms with Crippen LogP contribution < -0.4 is 16.0 Å². The van der Waals surface area contributed by atoms with Crippen molar-refractivity contribution in [3.05, 3.63) is 22.8 Å². The largest absolute Gasteiger partial charge is 0.417 e. The summed E-state index contributed by atoms with van der Waals surface area (Å²) in [6, 6.07) is 0.761. The van der Waals surface area contributed by atoms with Crippen LogP contribution in [-0.2, 0) is 11.0 Å². The topological polar surface area (TPSA) is 71.2 Å². The van der Waals surface area contributed by atoms with Crippen LogP contribution in [0.2, 0.25) is 5.02 Å². The van der Waals surface area contributed by atoms with Gasteiger partial charge in [-0.05, 0) is 25.3 Å². The number of nitrogens with two attached hydrogens (primary N) is 1. The van der Waals surface area contributed by atoms with Gasteiger partial charge in [0.05, 0.1) is 16.1 Å². The molecule has 1 saturated carbocycles. The SMILES string of the molecule is NC1(C(=O)NC2CCN(c3ncc(C(F)(F)F)cc3Cl)C2)CCCCC1. The molecule has 0 aromatic carbocycles. The minimum atomic E-state index is -4.48. The van der Waals surface area contributed by atoms with Crippen LogP contribution >= 0.6 is 11.6 Å². The van der Waals surface area contributed by atoms with Gasteiger partial charge in [-0.3, -0.25) is 4.79 Å². The van der Waals surface area contributed by atoms with Gasteiger partial charge < -0.3 is 16.0 Å². The van der Waals surface area contributed by atoms with Crippen molar-refractivity contribution in [3.63, 3.8) is 0 Å². The zero-order valence-electron chi connectivity index (χ0n) is 14.3. The maximum Gasteiger partial charge on any atom is 0.417 e. The lowest BCUT2D eigenvalue weighted by Gasteiger charge is -2.33. The number of carbonyl (C=O) groups is 1. The van der Waals surface area contributed by atoms with Crippen molar-refractivity contribution in [1.82, 2.24) is 10.3 Å². The average molecular weight is 391 g/mol. The maximum absolute atomic E-state index is 12.7. The van der Waals surface area contributed by atoms with E-state index in [9.17, 15) is 18.0 Å². The third kappa shape index (κ3) is 4.06. The van der Waals surface area contributed by atoms with Gasteiger partial charge in [0.2, 0.25) is 5.91 Å². The second kappa shape index (κ2) is 7.23. The third-order valence-electron chi connectivity index (χ3n) is 5.17. The van der Waals surface area contributed by atoms with Crippen molar-refractivity contribution in [3.8, 4) is 0 Å². The predicted molar refractivity (Wildman–Crippen MR) is 93.0 cm³/mol. The molecule has 2 fully saturated rings. The van der Waals surface area contributed by atoms with Gasteiger partial charge in [-0.15, -0.1) is 0 Å². The summed E-state index contributed by atoms with van der Waals surface area (Å²) in [5.74, 6) is 0.159. The lowest BCUT2D eigenvalue weighted by Crippen LogP contribution is -2.57. The Morgan fingerprint density at radius 1 is 1.35 bits per heavy atom. The second-order valence-corrected chi connectivity index (χ2v) is 7.56. The fourth-order valence-corrected chi connectivity index (χ4v) is 3.91. The minimum Gasteiger partial charge on any atom is -0.353 e. The molecule has 1 aliphatic carbocycles. The zero-order valence-corrected chi connectivity index (χ0v) is 15.0. The molecule has 1 aromatic rings. The zero-order chi connectivity index (χ0) is 18.9. The maximum atomic E-state index is 12.7. The molecule has 1 saturated heterocycles. The van der Waals surface area contributed by atoms with Gasteiger partial charge in [0.15, 0.2) is 0 Å². The summed E-state index contributed by atoms with van der Waals surface area (Å²) in [6.45, 7) is 1.00. The minimum absolute atomic E-state index is 0.0469. The molecule has 1 atom stereocenters. The van der Waals surface area contributed by atoms with Crippen LogP contribution in [0.3, 0.4) is 0 Å². The quantitative estimate of drug-likeness (QED) is 0.832. The summed E-state index contributed by atoms with van der Waals surface area (Å²) in [4.78, 5) is 18.2. The van der Waals surface area contributed by atoms with Gasteiger partial charge >= 0.3 is 6.18 Å². The monoisotopic (exact) mass is 390 g/mol. The van der Waals surface area contributed by atoms with Crippen LogP contribution in [0.1, 0.15) is 44.1 Å². The van der Waals surface area contributed by atoms with E-state index in [1.165, 1.54) is 0 Å². The van der Waals surface area contributed by atoms with E-state index < -0.39 is 17.3 Å². The van der Waals surface area contributed by atoms with Gasteiger partial charge in [-0.1, -0.05) is 30.9 Å². The predicted octanol–water partition coefficient (Wildman–Crippen LogP) is 3.11. The highest BCUT2D eigenvalue weighted by Crippen LogP contribution is 2.34. The van der Waals surface area contributed by atoms with E-state index in [0.717, 1.165) is 31.5 Å². The molecule has 0 bridgehead atoms. The molecule has 2 aliphatic rings. The van der Waals surface area contributed by atoms with E-state index in [2.05, 4.69) is 10.3 Å². The number of aromatic nitrogens is 1. The molecule has 1 amide bonds. The Kier molecular flexibility index (Phi) is 5.35. The fourth-order valence-electron chi connectivity index (χ4n) is 3.63. The summed E-state index contributed by atoms with van der Waals surface area (Å²) < 4.78 is 38.2. The van der Waals surface area contributed by atoms with E-state index in [-0.39, 0.29) is 17.0 Å². The third-order valence-corrected chi connectivity index (χ3v) is 5.45. The van der Waals surface area contributed by atoms with Crippen LogP contribution in [0.5, 0.6) is 0 Å². The average Bonchev–Trinajstić information content (AvgIpc) is 3.02. The molecule has 144 valence electrons. The first-order valence-electron chi connectivity index (χ1n) is 8.76. The Balaban J connectivity index is 1.63. The van der Waals surface area contributed by atoms with Crippen molar-refractivity contribution in [2.45, 2.75) is 56.3 Å². The van der Waals surface area contributed by atoms with E-state index in [1.54, 1.807) is 4.90 Å². The number of pyridine rings is 1. The number of hydrogen-bond donors (Lipinski definition) is 2. The summed E-state index contributed by atoms with van der Waals surface area (Å²) in [6.07, 6.45) is 1.33. The molecular weight excluding hydrogens is 369 g/mol. The number of carbonyl (C=O) groups excluding carboxylic acids is 1. The number of nitrogens with one attached hydrogen (secondary N) is 1. The number of nitrogens with zero attached hydrogens (tertiary/aromatic N) is 2. The summed E-state index contributed by atoms with van der Waals surface area (Å²) >= 11 is 6.00. The molecule has 26 heavy (non-hydrogen) atoms. The number of anilines is 1. The van der Waals surface area contributed by atoms with E-state index in [4.69, 9.17) is 17.3 Å². The Labute approximate surface area is 155 Å². The highest BCUT2D eigenvalue weighted by atomic mass is 35.5. The van der Waals surface area contributed by atoms with Crippen molar-refractivity contribution >= 4 is 23.3 Å². The summed E-state index contributed by atoms with van der Waals surface area (Å²) in [5, 5.41) is 2.94. The number of halogens is 4. The first-order valence-corrected chi connectivity index (χ1v) is 9.14. The van der Waals surface area contributed by atoms with Crippen molar-refractivity contribution in [2.75, 3.05) is 18.0 Å². The second-order valence-electron chi connectivity index (χ2n) is 7.15. The standard InChI is InChI=1S/C17H22ClF3N4O/c18-13-8-11(17(19,20)21)9-23-14(13)25-7-4-12(10-25)24-15(26)16(22)5-2-1-3-6-16/h8-9,12H,1-7,10,22H2,(H,24,26). The van der Waals surface area contributed by atoms with Crippen molar-refractivity contribution in [1.29, 1.82) is 0 Å². The number of alkyl halides is 3. The van der Waals surface area contributed by atoms with Crippen LogP contribution in [0, 0.1) is 0 Å². The van der Waals surface area contributed by atoms with Crippen molar-refractivity contribution < 1.29 is 18.0 Å². The highest BCUT2D eigenvalue weighted by molar-refractivity contribution is 6.33. The normalized spacial score (nSPS) is 23.1. The lowest BCUT2D eigenvalue weighted by molar-refractivity contribution is -0.137. The molecule has 3 N–H and O–H groups in total. The van der Waals surface area contributed by atoms with Crippen LogP contribution in [0.4, 0.5) is 19.0 Å². The Morgan fingerprint density at radius 2 is 2.04 bits per heavy atom. The summed E-state index contributed by atoms with van der Waals surface area (Å²) in [5.41, 5.74) is 4.56. The van der Waals surface area contributed by atoms with E-state index in [1.807, 2.05) is 0 Å². The van der Waals surface area contributed by atoms with Gasteiger partial charge in [-0.2, -0.15) is 13.2 Å². The molecule has 0 spiro atoms. The van der Waals surface area contributed by atoms with Crippen LogP contribution in [0.25, 0.3) is 0 Å². The number of amides is 1. The molecule has 5 nitrogen and oxygen atoms in total. The Hall–Kier alpha value is -1.54. The van der Waals surface area contributed by atoms with Crippen LogP contribution in [-0.4, -0.2) is 35.6 Å². The molecule has 3 rings (SSSR count). The molecule has 1 unspecified atom stereocenters. The first kappa shape index (κ1) is 19.2. The Morgan fingerprint density at radius 3 is 2.65 bits per heavy atom. The first-order chi connectivity index (χ1) is 12.2. The van der Waals surface area contributed by atoms with Crippen LogP contribution in [0.15, 0.2) is 12.3 Å². The lowest BCUT2D eigenvalue weighted by atomic mass is 9.82. The van der Waals surface area contributed by atoms with Gasteiger partial charge in [0, 0.05) is 25.3 Å². The smallest absolute Gasteiger partial charge is 0.353 e. The Bertz CT molecular complexity index is 676. The summed E-state index contributed by atoms with van der Waals surface area (Å²) in [7, 11) is 0.